The first-order valence-electron chi connectivity index (χ1n) is 7.85. The lowest BCUT2D eigenvalue weighted by atomic mass is 9.98. The summed E-state index contributed by atoms with van der Waals surface area (Å²) in [5.41, 5.74) is 1.50. The third-order valence-electron chi connectivity index (χ3n) is 4.36. The van der Waals surface area contributed by atoms with Crippen LogP contribution in [-0.2, 0) is 0 Å². The molecule has 1 unspecified atom stereocenters. The molecule has 1 aliphatic rings. The molecule has 1 atom stereocenters. The minimum atomic E-state index is -0.487. The largest absolute Gasteiger partial charge is 0.450 e. The van der Waals surface area contributed by atoms with Crippen LogP contribution in [0.2, 0.25) is 0 Å². The second-order valence-electron chi connectivity index (χ2n) is 5.87. The molecule has 0 spiro atoms. The minimum absolute atomic E-state index is 0.121. The fraction of sp³-hybridized carbons (Fsp3) is 0.100. The van der Waals surface area contributed by atoms with E-state index in [4.69, 9.17) is 4.42 Å². The molecule has 5 heteroatoms. The molecule has 2 aromatic carbocycles. The van der Waals surface area contributed by atoms with Crippen molar-refractivity contribution in [3.05, 3.63) is 92.8 Å². The Morgan fingerprint density at radius 1 is 1.16 bits per heavy atom. The number of para-hydroxylation sites is 1. The number of rotatable bonds is 3. The number of fused-ring (bicyclic) bond motifs is 2. The van der Waals surface area contributed by atoms with Gasteiger partial charge in [-0.1, -0.05) is 46.3 Å². The number of carbonyl (C=O) groups excluding carboxylic acids is 1. The number of nitrogens with zero attached hydrogens (tertiary/aromatic N) is 1. The first-order valence-corrected chi connectivity index (χ1v) is 8.64. The van der Waals surface area contributed by atoms with Crippen LogP contribution >= 0.6 is 15.9 Å². The van der Waals surface area contributed by atoms with Crippen LogP contribution in [0.1, 0.15) is 27.7 Å². The van der Waals surface area contributed by atoms with Gasteiger partial charge in [-0.15, -0.1) is 6.58 Å². The van der Waals surface area contributed by atoms with Crippen LogP contribution in [0.25, 0.3) is 11.0 Å². The van der Waals surface area contributed by atoms with Gasteiger partial charge in [-0.05, 0) is 29.8 Å². The van der Waals surface area contributed by atoms with Gasteiger partial charge in [-0.2, -0.15) is 0 Å². The van der Waals surface area contributed by atoms with E-state index in [1.165, 1.54) is 0 Å². The number of hydrogen-bond acceptors (Lipinski definition) is 3. The maximum Gasteiger partial charge on any atom is 0.291 e. The summed E-state index contributed by atoms with van der Waals surface area (Å²) in [7, 11) is 0. The molecule has 4 rings (SSSR count). The van der Waals surface area contributed by atoms with Crippen LogP contribution < -0.4 is 5.43 Å². The van der Waals surface area contributed by atoms with E-state index in [1.54, 1.807) is 35.2 Å². The smallest absolute Gasteiger partial charge is 0.291 e. The van der Waals surface area contributed by atoms with Crippen LogP contribution in [0.3, 0.4) is 0 Å². The lowest BCUT2D eigenvalue weighted by Crippen LogP contribution is -2.29. The van der Waals surface area contributed by atoms with E-state index in [1.807, 2.05) is 24.3 Å². The summed E-state index contributed by atoms with van der Waals surface area (Å²) in [6, 6.07) is 14.1. The molecule has 0 N–H and O–H groups in total. The number of halogens is 1. The van der Waals surface area contributed by atoms with Crippen LogP contribution in [0.4, 0.5) is 0 Å². The second-order valence-corrected chi connectivity index (χ2v) is 6.79. The van der Waals surface area contributed by atoms with Gasteiger partial charge in [0.05, 0.1) is 17.0 Å². The van der Waals surface area contributed by atoms with E-state index in [2.05, 4.69) is 22.5 Å². The molecular weight excluding hydrogens is 382 g/mol. The number of benzene rings is 2. The van der Waals surface area contributed by atoms with Crippen molar-refractivity contribution in [1.82, 2.24) is 4.90 Å². The molecule has 0 radical (unpaired) electrons. The van der Waals surface area contributed by atoms with E-state index < -0.39 is 6.04 Å². The van der Waals surface area contributed by atoms with Crippen LogP contribution in [0.15, 0.2) is 74.9 Å². The zero-order chi connectivity index (χ0) is 17.6. The first kappa shape index (κ1) is 15.8. The molecule has 2 heterocycles. The Kier molecular flexibility index (Phi) is 3.81. The maximum atomic E-state index is 13.1. The monoisotopic (exact) mass is 395 g/mol. The van der Waals surface area contributed by atoms with Crippen LogP contribution in [0.5, 0.6) is 0 Å². The highest BCUT2D eigenvalue weighted by molar-refractivity contribution is 9.10. The molecule has 0 bridgehead atoms. The highest BCUT2D eigenvalue weighted by atomic mass is 79.9. The van der Waals surface area contributed by atoms with Crippen molar-refractivity contribution in [3.63, 3.8) is 0 Å². The Balaban J connectivity index is 2.04. The van der Waals surface area contributed by atoms with E-state index in [9.17, 15) is 9.59 Å². The first-order chi connectivity index (χ1) is 12.1. The van der Waals surface area contributed by atoms with Gasteiger partial charge in [-0.25, -0.2) is 0 Å². The molecule has 1 aromatic heterocycles. The zero-order valence-corrected chi connectivity index (χ0v) is 14.8. The topological polar surface area (TPSA) is 50.5 Å². The fourth-order valence-corrected chi connectivity index (χ4v) is 3.73. The summed E-state index contributed by atoms with van der Waals surface area (Å²) in [4.78, 5) is 27.6. The van der Waals surface area contributed by atoms with Crippen LogP contribution in [-0.4, -0.2) is 17.4 Å². The van der Waals surface area contributed by atoms with Gasteiger partial charge in [0, 0.05) is 11.0 Å². The normalized spacial score (nSPS) is 16.3. The Bertz CT molecular complexity index is 1070. The third kappa shape index (κ3) is 2.43. The minimum Gasteiger partial charge on any atom is -0.450 e. The Labute approximate surface area is 152 Å². The molecule has 25 heavy (non-hydrogen) atoms. The summed E-state index contributed by atoms with van der Waals surface area (Å²) >= 11 is 3.46. The van der Waals surface area contributed by atoms with E-state index >= 15 is 0 Å². The molecule has 0 aliphatic carbocycles. The van der Waals surface area contributed by atoms with Gasteiger partial charge in [0.2, 0.25) is 5.76 Å². The molecule has 0 fully saturated rings. The summed E-state index contributed by atoms with van der Waals surface area (Å²) in [6.07, 6.45) is 1.65. The van der Waals surface area contributed by atoms with Gasteiger partial charge in [-0.3, -0.25) is 9.59 Å². The lowest BCUT2D eigenvalue weighted by Gasteiger charge is -2.23. The predicted octanol–water partition coefficient (Wildman–Crippen LogP) is 4.29. The van der Waals surface area contributed by atoms with Crippen molar-refractivity contribution >= 4 is 32.8 Å². The molecule has 4 nitrogen and oxygen atoms in total. The second kappa shape index (κ2) is 6.01. The van der Waals surface area contributed by atoms with Gasteiger partial charge < -0.3 is 9.32 Å². The van der Waals surface area contributed by atoms with Crippen molar-refractivity contribution in [3.8, 4) is 0 Å². The molecule has 0 saturated heterocycles. The summed E-state index contributed by atoms with van der Waals surface area (Å²) in [5, 5.41) is 0.481. The van der Waals surface area contributed by atoms with Gasteiger partial charge >= 0.3 is 0 Å². The number of hydrogen-bond donors (Lipinski definition) is 0. The van der Waals surface area contributed by atoms with E-state index in [0.717, 1.165) is 10.0 Å². The van der Waals surface area contributed by atoms with Crippen molar-refractivity contribution in [1.29, 1.82) is 0 Å². The molecule has 3 aromatic rings. The maximum absolute atomic E-state index is 13.1. The van der Waals surface area contributed by atoms with Gasteiger partial charge in [0.15, 0.2) is 5.43 Å². The molecular formula is C20H14BrNO3. The van der Waals surface area contributed by atoms with E-state index in [0.29, 0.717) is 23.1 Å². The molecule has 1 aliphatic heterocycles. The summed E-state index contributed by atoms with van der Waals surface area (Å²) < 4.78 is 6.70. The molecule has 0 saturated carbocycles. The van der Waals surface area contributed by atoms with Gasteiger partial charge in [0.1, 0.15) is 5.58 Å². The highest BCUT2D eigenvalue weighted by Crippen LogP contribution is 2.38. The Morgan fingerprint density at radius 2 is 1.96 bits per heavy atom. The predicted molar refractivity (Wildman–Crippen MR) is 99.7 cm³/mol. The quantitative estimate of drug-likeness (QED) is 0.621. The summed E-state index contributed by atoms with van der Waals surface area (Å²) in [5.74, 6) is -0.168. The Morgan fingerprint density at radius 3 is 2.72 bits per heavy atom. The van der Waals surface area contributed by atoms with Crippen molar-refractivity contribution < 1.29 is 9.21 Å². The number of amides is 1. The average molecular weight is 396 g/mol. The zero-order valence-electron chi connectivity index (χ0n) is 13.2. The molecule has 124 valence electrons. The van der Waals surface area contributed by atoms with Crippen molar-refractivity contribution in [2.75, 3.05) is 6.54 Å². The van der Waals surface area contributed by atoms with Crippen LogP contribution in [0, 0.1) is 0 Å². The highest BCUT2D eigenvalue weighted by Gasteiger charge is 2.42. The van der Waals surface area contributed by atoms with Crippen molar-refractivity contribution in [2.45, 2.75) is 6.04 Å². The third-order valence-corrected chi connectivity index (χ3v) is 4.86. The molecule has 1 amide bonds. The average Bonchev–Trinajstić information content (AvgIpc) is 2.89. The van der Waals surface area contributed by atoms with E-state index in [-0.39, 0.29) is 17.1 Å². The SMILES string of the molecule is C=CCN1C(=O)c2oc3ccccc3c(=O)c2C1c1cccc(Br)c1. The standard InChI is InChI=1S/C20H14BrNO3/c1-2-10-22-17(12-6-5-7-13(21)11-12)16-18(23)14-8-3-4-9-15(14)25-19(16)20(22)24/h2-9,11,17H,1,10H2. The number of carbonyl (C=O) groups is 1. The van der Waals surface area contributed by atoms with Crippen molar-refractivity contribution in [2.24, 2.45) is 0 Å². The Hall–Kier alpha value is -2.66. The summed E-state index contributed by atoms with van der Waals surface area (Å²) in [6.45, 7) is 4.06. The van der Waals surface area contributed by atoms with Gasteiger partial charge in [0.25, 0.3) is 5.91 Å². The lowest BCUT2D eigenvalue weighted by molar-refractivity contribution is 0.0748. The fourth-order valence-electron chi connectivity index (χ4n) is 3.32.